The van der Waals surface area contributed by atoms with Gasteiger partial charge >= 0.3 is 0 Å². The van der Waals surface area contributed by atoms with Crippen LogP contribution in [0.3, 0.4) is 0 Å². The number of nitrogens with one attached hydrogen (secondary N) is 1. The van der Waals surface area contributed by atoms with Crippen LogP contribution in [0.1, 0.15) is 35.3 Å². The summed E-state index contributed by atoms with van der Waals surface area (Å²) in [5.74, 6) is -0.306. The van der Waals surface area contributed by atoms with Gasteiger partial charge in [0.15, 0.2) is 0 Å². The van der Waals surface area contributed by atoms with E-state index in [0.717, 1.165) is 12.2 Å². The van der Waals surface area contributed by atoms with Crippen LogP contribution in [0, 0.1) is 19.7 Å². The highest BCUT2D eigenvalue weighted by molar-refractivity contribution is 5.37. The van der Waals surface area contributed by atoms with Gasteiger partial charge in [-0.2, -0.15) is 0 Å². The number of benzene rings is 1. The van der Waals surface area contributed by atoms with E-state index in [2.05, 4.69) is 49.3 Å². The Morgan fingerprint density at radius 2 is 2.00 bits per heavy atom. The van der Waals surface area contributed by atoms with Crippen molar-refractivity contribution in [3.8, 4) is 0 Å². The maximum atomic E-state index is 13.0. The van der Waals surface area contributed by atoms with Crippen molar-refractivity contribution in [3.05, 3.63) is 64.7 Å². The highest BCUT2D eigenvalue weighted by atomic mass is 19.1. The lowest BCUT2D eigenvalue weighted by molar-refractivity contribution is 0.593. The average molecular weight is 258 g/mol. The van der Waals surface area contributed by atoms with Gasteiger partial charge in [0.1, 0.15) is 5.82 Å². The van der Waals surface area contributed by atoms with Gasteiger partial charge in [-0.25, -0.2) is 4.39 Å². The second-order valence-electron chi connectivity index (χ2n) is 4.75. The normalized spacial score (nSPS) is 12.4. The highest BCUT2D eigenvalue weighted by Gasteiger charge is 2.16. The Morgan fingerprint density at radius 3 is 2.58 bits per heavy atom. The molecule has 1 atom stereocenters. The number of hydrogen-bond acceptors (Lipinski definition) is 2. The first-order valence-electron chi connectivity index (χ1n) is 6.53. The lowest BCUT2D eigenvalue weighted by Gasteiger charge is -2.20. The second-order valence-corrected chi connectivity index (χ2v) is 4.75. The summed E-state index contributed by atoms with van der Waals surface area (Å²) in [6.45, 7) is 7.06. The number of aryl methyl sites for hydroxylation is 2. The summed E-state index contributed by atoms with van der Waals surface area (Å²) >= 11 is 0. The van der Waals surface area contributed by atoms with Crippen LogP contribution >= 0.6 is 0 Å². The molecule has 0 amide bonds. The van der Waals surface area contributed by atoms with Crippen molar-refractivity contribution < 1.29 is 4.39 Å². The summed E-state index contributed by atoms with van der Waals surface area (Å²) in [5, 5.41) is 3.41. The number of hydrogen-bond donors (Lipinski definition) is 1. The number of aromatic nitrogens is 1. The quantitative estimate of drug-likeness (QED) is 0.907. The molecule has 0 aliphatic heterocycles. The molecule has 19 heavy (non-hydrogen) atoms. The monoisotopic (exact) mass is 258 g/mol. The van der Waals surface area contributed by atoms with Crippen molar-refractivity contribution in [3.63, 3.8) is 0 Å². The molecule has 2 nitrogen and oxygen atoms in total. The van der Waals surface area contributed by atoms with Crippen LogP contribution in [0.5, 0.6) is 0 Å². The van der Waals surface area contributed by atoms with Gasteiger partial charge in [-0.1, -0.05) is 30.7 Å². The van der Waals surface area contributed by atoms with E-state index in [1.807, 2.05) is 0 Å². The van der Waals surface area contributed by atoms with Crippen molar-refractivity contribution in [1.29, 1.82) is 0 Å². The Kier molecular flexibility index (Phi) is 4.27. The largest absolute Gasteiger partial charge is 0.305 e. The van der Waals surface area contributed by atoms with E-state index in [1.165, 1.54) is 29.0 Å². The van der Waals surface area contributed by atoms with E-state index < -0.39 is 0 Å². The molecule has 0 aliphatic rings. The zero-order valence-electron chi connectivity index (χ0n) is 11.6. The van der Waals surface area contributed by atoms with Crippen LogP contribution < -0.4 is 5.32 Å². The fourth-order valence-corrected chi connectivity index (χ4v) is 2.29. The number of pyridine rings is 1. The van der Waals surface area contributed by atoms with E-state index in [-0.39, 0.29) is 11.9 Å². The first-order chi connectivity index (χ1) is 9.11. The molecule has 1 aromatic carbocycles. The van der Waals surface area contributed by atoms with Crippen molar-refractivity contribution in [2.45, 2.75) is 26.8 Å². The minimum absolute atomic E-state index is 0.00574. The lowest BCUT2D eigenvalue weighted by atomic mass is 9.96. The molecule has 1 N–H and O–H groups in total. The van der Waals surface area contributed by atoms with Crippen LogP contribution in [-0.4, -0.2) is 11.5 Å². The molecule has 1 aromatic heterocycles. The molecule has 0 saturated heterocycles. The van der Waals surface area contributed by atoms with E-state index in [9.17, 15) is 4.39 Å². The number of rotatable bonds is 4. The zero-order valence-corrected chi connectivity index (χ0v) is 11.6. The molecule has 100 valence electrons. The van der Waals surface area contributed by atoms with Crippen LogP contribution in [0.25, 0.3) is 0 Å². The smallest absolute Gasteiger partial charge is 0.141 e. The predicted octanol–water partition coefficient (Wildman–Crippen LogP) is 3.54. The molecular formula is C16H19FN2. The second kappa shape index (κ2) is 5.93. The summed E-state index contributed by atoms with van der Waals surface area (Å²) < 4.78 is 13.0. The Balaban J connectivity index is 2.41. The lowest BCUT2D eigenvalue weighted by Crippen LogP contribution is -2.23. The van der Waals surface area contributed by atoms with Gasteiger partial charge in [-0.15, -0.1) is 0 Å². The van der Waals surface area contributed by atoms with E-state index in [4.69, 9.17) is 0 Å². The summed E-state index contributed by atoms with van der Waals surface area (Å²) in [6, 6.07) is 9.56. The van der Waals surface area contributed by atoms with Crippen LogP contribution in [-0.2, 0) is 0 Å². The van der Waals surface area contributed by atoms with Crippen LogP contribution in [0.15, 0.2) is 36.5 Å². The van der Waals surface area contributed by atoms with Gasteiger partial charge in [0.2, 0.25) is 0 Å². The van der Waals surface area contributed by atoms with Crippen molar-refractivity contribution >= 4 is 0 Å². The molecule has 0 aliphatic carbocycles. The van der Waals surface area contributed by atoms with Gasteiger partial charge in [0, 0.05) is 0 Å². The minimum Gasteiger partial charge on any atom is -0.305 e. The van der Waals surface area contributed by atoms with Gasteiger partial charge in [0.25, 0.3) is 0 Å². The van der Waals surface area contributed by atoms with Crippen LogP contribution in [0.4, 0.5) is 4.39 Å². The third kappa shape index (κ3) is 3.18. The molecule has 3 heteroatoms. The topological polar surface area (TPSA) is 24.9 Å². The average Bonchev–Trinajstić information content (AvgIpc) is 2.38. The van der Waals surface area contributed by atoms with Crippen molar-refractivity contribution in [2.75, 3.05) is 6.54 Å². The third-order valence-corrected chi connectivity index (χ3v) is 3.19. The molecule has 0 spiro atoms. The minimum atomic E-state index is -0.306. The standard InChI is InChI=1S/C16H19FN2/c1-4-18-16(15-8-6-13(17)10-19-15)14-7-5-11(2)9-12(14)3/h5-10,16,18H,4H2,1-3H3. The molecule has 2 rings (SSSR count). The fraction of sp³-hybridized carbons (Fsp3) is 0.312. The summed E-state index contributed by atoms with van der Waals surface area (Å²) in [5.41, 5.74) is 4.49. The van der Waals surface area contributed by atoms with Gasteiger partial charge in [-0.05, 0) is 43.7 Å². The molecule has 0 saturated carbocycles. The molecule has 1 heterocycles. The Bertz CT molecular complexity index is 549. The third-order valence-electron chi connectivity index (χ3n) is 3.19. The first-order valence-corrected chi connectivity index (χ1v) is 6.53. The van der Waals surface area contributed by atoms with Gasteiger partial charge < -0.3 is 5.32 Å². The summed E-state index contributed by atoms with van der Waals surface area (Å²) in [6.07, 6.45) is 1.27. The molecule has 1 unspecified atom stereocenters. The SMILES string of the molecule is CCNC(c1ccc(F)cn1)c1ccc(C)cc1C. The molecule has 2 aromatic rings. The zero-order chi connectivity index (χ0) is 13.8. The maximum Gasteiger partial charge on any atom is 0.141 e. The number of nitrogens with zero attached hydrogens (tertiary/aromatic N) is 1. The van der Waals surface area contributed by atoms with Crippen molar-refractivity contribution in [2.24, 2.45) is 0 Å². The molecule has 0 bridgehead atoms. The van der Waals surface area contributed by atoms with Gasteiger partial charge in [0.05, 0.1) is 17.9 Å². The van der Waals surface area contributed by atoms with E-state index in [0.29, 0.717) is 0 Å². The Hall–Kier alpha value is -1.74. The first kappa shape index (κ1) is 13.7. The summed E-state index contributed by atoms with van der Waals surface area (Å²) in [7, 11) is 0. The van der Waals surface area contributed by atoms with Crippen LogP contribution in [0.2, 0.25) is 0 Å². The van der Waals surface area contributed by atoms with E-state index >= 15 is 0 Å². The molecular weight excluding hydrogens is 239 g/mol. The maximum absolute atomic E-state index is 13.0. The highest BCUT2D eigenvalue weighted by Crippen LogP contribution is 2.24. The number of halogens is 1. The predicted molar refractivity (Wildman–Crippen MR) is 75.6 cm³/mol. The van der Waals surface area contributed by atoms with Crippen molar-refractivity contribution in [1.82, 2.24) is 10.3 Å². The Morgan fingerprint density at radius 1 is 1.21 bits per heavy atom. The Labute approximate surface area is 113 Å². The fourth-order valence-electron chi connectivity index (χ4n) is 2.29. The van der Waals surface area contributed by atoms with Gasteiger partial charge in [-0.3, -0.25) is 4.98 Å². The molecule has 0 fully saturated rings. The molecule has 0 radical (unpaired) electrons. The summed E-state index contributed by atoms with van der Waals surface area (Å²) in [4.78, 5) is 4.20. The van der Waals surface area contributed by atoms with E-state index in [1.54, 1.807) is 6.07 Å².